The van der Waals surface area contributed by atoms with E-state index in [0.29, 0.717) is 11.1 Å². The first-order valence-electron chi connectivity index (χ1n) is 10.8. The van der Waals surface area contributed by atoms with Gasteiger partial charge in [-0.25, -0.2) is 12.7 Å². The number of anilines is 1. The molecule has 4 fully saturated rings. The predicted molar refractivity (Wildman–Crippen MR) is 113 cm³/mol. The molecule has 0 radical (unpaired) electrons. The summed E-state index contributed by atoms with van der Waals surface area (Å²) >= 11 is 0. The fourth-order valence-corrected chi connectivity index (χ4v) is 7.22. The average Bonchev–Trinajstić information content (AvgIpc) is 2.65. The highest BCUT2D eigenvalue weighted by Gasteiger charge is 2.51. The van der Waals surface area contributed by atoms with Gasteiger partial charge in [-0.2, -0.15) is 0 Å². The summed E-state index contributed by atoms with van der Waals surface area (Å²) < 4.78 is 25.8. The van der Waals surface area contributed by atoms with Crippen molar-refractivity contribution >= 4 is 21.6 Å². The van der Waals surface area contributed by atoms with Crippen molar-refractivity contribution in [2.24, 2.45) is 23.2 Å². The number of rotatable bonds is 7. The number of hydrogen-bond acceptors (Lipinski definition) is 3. The second-order valence-corrected chi connectivity index (χ2v) is 12.1. The summed E-state index contributed by atoms with van der Waals surface area (Å²) in [5.74, 6) is 2.68. The lowest BCUT2D eigenvalue weighted by Gasteiger charge is -2.56. The Morgan fingerprint density at radius 1 is 1.17 bits per heavy atom. The van der Waals surface area contributed by atoms with Crippen LogP contribution in [-0.2, 0) is 14.8 Å². The van der Waals surface area contributed by atoms with Crippen molar-refractivity contribution in [1.82, 2.24) is 4.31 Å². The van der Waals surface area contributed by atoms with Crippen LogP contribution in [0.1, 0.15) is 45.4 Å². The van der Waals surface area contributed by atoms with Crippen LogP contribution in [0, 0.1) is 23.2 Å². The Morgan fingerprint density at radius 2 is 1.76 bits per heavy atom. The first-order valence-corrected chi connectivity index (χ1v) is 12.3. The Morgan fingerprint density at radius 3 is 2.31 bits per heavy atom. The Kier molecular flexibility index (Phi) is 5.51. The van der Waals surface area contributed by atoms with Gasteiger partial charge in [0.15, 0.2) is 6.04 Å². The number of benzene rings is 1. The molecule has 5 rings (SSSR count). The third kappa shape index (κ3) is 4.23. The number of amides is 1. The summed E-state index contributed by atoms with van der Waals surface area (Å²) in [6.45, 7) is 2.97. The lowest BCUT2D eigenvalue weighted by molar-refractivity contribution is -0.686. The maximum atomic E-state index is 12.7. The van der Waals surface area contributed by atoms with Gasteiger partial charge in [-0.3, -0.25) is 4.79 Å². The molecule has 4 saturated carbocycles. The minimum absolute atomic E-state index is 0.0749. The fraction of sp³-hybridized carbons (Fsp3) is 0.682. The predicted octanol–water partition coefficient (Wildman–Crippen LogP) is 2.04. The summed E-state index contributed by atoms with van der Waals surface area (Å²) in [5.41, 5.74) is 0.955. The van der Waals surface area contributed by atoms with E-state index in [2.05, 4.69) is 10.6 Å². The molecule has 4 aliphatic carbocycles. The van der Waals surface area contributed by atoms with Crippen molar-refractivity contribution in [1.29, 1.82) is 0 Å². The summed E-state index contributed by atoms with van der Waals surface area (Å²) in [7, 11) is -0.513. The molecule has 1 aromatic carbocycles. The number of nitrogens with zero attached hydrogens (tertiary/aromatic N) is 1. The lowest BCUT2D eigenvalue weighted by atomic mass is 9.49. The molecular formula is C22H34N3O3S+. The van der Waals surface area contributed by atoms with Crippen molar-refractivity contribution in [3.63, 3.8) is 0 Å². The van der Waals surface area contributed by atoms with E-state index in [1.54, 1.807) is 18.2 Å². The molecule has 1 aromatic rings. The number of quaternary nitrogens is 1. The van der Waals surface area contributed by atoms with Gasteiger partial charge in [0, 0.05) is 25.2 Å². The third-order valence-corrected chi connectivity index (χ3v) is 9.17. The molecule has 0 aliphatic heterocycles. The largest absolute Gasteiger partial charge is 0.336 e. The van der Waals surface area contributed by atoms with E-state index in [-0.39, 0.29) is 16.8 Å². The molecule has 160 valence electrons. The zero-order chi connectivity index (χ0) is 20.8. The quantitative estimate of drug-likeness (QED) is 0.708. The van der Waals surface area contributed by atoms with E-state index in [1.165, 1.54) is 63.0 Å². The topological polar surface area (TPSA) is 83.1 Å². The number of nitrogens with one attached hydrogen (secondary N) is 1. The van der Waals surface area contributed by atoms with Gasteiger partial charge in [-0.05, 0) is 81.4 Å². The molecule has 0 spiro atoms. The third-order valence-electron chi connectivity index (χ3n) is 7.36. The molecule has 0 saturated heterocycles. The molecule has 1 amide bonds. The van der Waals surface area contributed by atoms with Crippen LogP contribution >= 0.6 is 0 Å². The van der Waals surface area contributed by atoms with Gasteiger partial charge in [0.05, 0.1) is 11.4 Å². The van der Waals surface area contributed by atoms with Crippen LogP contribution in [0.15, 0.2) is 29.2 Å². The van der Waals surface area contributed by atoms with Crippen LogP contribution in [0.5, 0.6) is 0 Å². The van der Waals surface area contributed by atoms with E-state index < -0.39 is 10.0 Å². The SMILES string of the molecule is C[C@H]([NH2+]CC12CC3CC(CC(C3)C1)C2)C(=O)Nc1cccc(S(=O)(=O)N(C)C)c1. The minimum atomic E-state index is -3.52. The molecule has 4 aliphatic rings. The van der Waals surface area contributed by atoms with E-state index in [0.717, 1.165) is 24.3 Å². The normalized spacial score (nSPS) is 31.8. The van der Waals surface area contributed by atoms with Gasteiger partial charge in [-0.1, -0.05) is 6.07 Å². The van der Waals surface area contributed by atoms with Crippen LogP contribution in [0.25, 0.3) is 0 Å². The zero-order valence-corrected chi connectivity index (χ0v) is 18.5. The highest BCUT2D eigenvalue weighted by Crippen LogP contribution is 2.59. The van der Waals surface area contributed by atoms with Crippen LogP contribution in [-0.4, -0.2) is 45.3 Å². The second kappa shape index (κ2) is 7.67. The molecule has 7 heteroatoms. The van der Waals surface area contributed by atoms with Crippen LogP contribution in [0.2, 0.25) is 0 Å². The zero-order valence-electron chi connectivity index (χ0n) is 17.7. The van der Waals surface area contributed by atoms with Gasteiger partial charge < -0.3 is 10.6 Å². The van der Waals surface area contributed by atoms with Crippen molar-refractivity contribution < 1.29 is 18.5 Å². The van der Waals surface area contributed by atoms with Crippen molar-refractivity contribution in [3.8, 4) is 0 Å². The van der Waals surface area contributed by atoms with E-state index in [4.69, 9.17) is 0 Å². The molecule has 29 heavy (non-hydrogen) atoms. The molecule has 4 bridgehead atoms. The van der Waals surface area contributed by atoms with Gasteiger partial charge in [-0.15, -0.1) is 0 Å². The van der Waals surface area contributed by atoms with Gasteiger partial charge >= 0.3 is 0 Å². The summed E-state index contributed by atoms with van der Waals surface area (Å²) in [5, 5.41) is 5.10. The van der Waals surface area contributed by atoms with Crippen molar-refractivity contribution in [2.75, 3.05) is 26.0 Å². The Labute approximate surface area is 174 Å². The average molecular weight is 421 g/mol. The summed E-state index contributed by atoms with van der Waals surface area (Å²) in [6.07, 6.45) is 8.32. The number of nitrogens with two attached hydrogens (primary N) is 1. The van der Waals surface area contributed by atoms with E-state index in [1.807, 2.05) is 6.92 Å². The summed E-state index contributed by atoms with van der Waals surface area (Å²) in [6, 6.07) is 6.28. The monoisotopic (exact) mass is 420 g/mol. The Balaban J connectivity index is 1.36. The van der Waals surface area contributed by atoms with Crippen molar-refractivity contribution in [3.05, 3.63) is 24.3 Å². The maximum absolute atomic E-state index is 12.7. The van der Waals surface area contributed by atoms with E-state index in [9.17, 15) is 13.2 Å². The number of carbonyl (C=O) groups is 1. The highest BCUT2D eigenvalue weighted by molar-refractivity contribution is 7.89. The number of carbonyl (C=O) groups excluding carboxylic acids is 1. The minimum Gasteiger partial charge on any atom is -0.336 e. The smallest absolute Gasteiger partial charge is 0.282 e. The molecule has 1 atom stereocenters. The Hall–Kier alpha value is -1.44. The van der Waals surface area contributed by atoms with Crippen LogP contribution < -0.4 is 10.6 Å². The molecular weight excluding hydrogens is 386 g/mol. The highest BCUT2D eigenvalue weighted by atomic mass is 32.2. The fourth-order valence-electron chi connectivity index (χ4n) is 6.28. The molecule has 0 unspecified atom stereocenters. The molecule has 0 heterocycles. The lowest BCUT2D eigenvalue weighted by Crippen LogP contribution is -2.94. The van der Waals surface area contributed by atoms with Crippen LogP contribution in [0.4, 0.5) is 5.69 Å². The van der Waals surface area contributed by atoms with E-state index >= 15 is 0 Å². The van der Waals surface area contributed by atoms with Gasteiger partial charge in [0.25, 0.3) is 5.91 Å². The summed E-state index contributed by atoms with van der Waals surface area (Å²) in [4.78, 5) is 12.9. The first kappa shape index (κ1) is 20.8. The molecule has 3 N–H and O–H groups in total. The van der Waals surface area contributed by atoms with Crippen molar-refractivity contribution in [2.45, 2.75) is 56.4 Å². The van der Waals surface area contributed by atoms with Crippen LogP contribution in [0.3, 0.4) is 0 Å². The standard InChI is InChI=1S/C22H33N3O3S/c1-15(23-14-22-11-16-7-17(12-22)9-18(8-16)13-22)21(26)24-19-5-4-6-20(10-19)29(27,28)25(2)3/h4-6,10,15-18,23H,7-9,11-14H2,1-3H3,(H,24,26)/p+1/t15-,16?,17?,18?,22?/m0/s1. The maximum Gasteiger partial charge on any atom is 0.282 e. The molecule has 6 nitrogen and oxygen atoms in total. The number of hydrogen-bond donors (Lipinski definition) is 2. The first-order chi connectivity index (χ1) is 13.7. The number of sulfonamides is 1. The Bertz CT molecular complexity index is 846. The van der Waals surface area contributed by atoms with Gasteiger partial charge in [0.1, 0.15) is 0 Å². The van der Waals surface area contributed by atoms with Gasteiger partial charge in [0.2, 0.25) is 10.0 Å². The second-order valence-electron chi connectivity index (χ2n) is 9.95. The molecule has 0 aromatic heterocycles.